The Kier molecular flexibility index (Phi) is 9.88. The summed E-state index contributed by atoms with van der Waals surface area (Å²) in [6.07, 6.45) is 5.00. The zero-order valence-electron chi connectivity index (χ0n) is 21.5. The number of nitrogens with zero attached hydrogens (tertiary/aromatic N) is 2. The molecule has 204 valence electrons. The molecule has 0 amide bonds. The van der Waals surface area contributed by atoms with Gasteiger partial charge < -0.3 is 18.9 Å². The van der Waals surface area contributed by atoms with Gasteiger partial charge in [0.05, 0.1) is 43.6 Å². The number of hydrogen-bond acceptors (Lipinski definition) is 8. The van der Waals surface area contributed by atoms with Crippen LogP contribution in [0.15, 0.2) is 64.5 Å². The number of methoxy groups -OCH3 is 1. The topological polar surface area (TPSA) is 88.3 Å². The van der Waals surface area contributed by atoms with Crippen LogP contribution in [0.2, 0.25) is 0 Å². The van der Waals surface area contributed by atoms with E-state index in [2.05, 4.69) is 56.8 Å². The second-order valence-electron chi connectivity index (χ2n) is 8.16. The van der Waals surface area contributed by atoms with E-state index in [-0.39, 0.29) is 11.1 Å². The maximum Gasteiger partial charge on any atom is 0.337 e. The molecule has 0 aliphatic carbocycles. The molecule has 1 aliphatic heterocycles. The number of rotatable bonds is 10. The van der Waals surface area contributed by atoms with Gasteiger partial charge in [0.25, 0.3) is 5.56 Å². The number of thiazole rings is 1. The highest BCUT2D eigenvalue weighted by Gasteiger charge is 2.31. The summed E-state index contributed by atoms with van der Waals surface area (Å²) >= 11 is 5.69. The van der Waals surface area contributed by atoms with Crippen LogP contribution in [-0.4, -0.2) is 37.5 Å². The summed E-state index contributed by atoms with van der Waals surface area (Å²) < 4.78 is 26.2. The molecule has 0 fully saturated rings. The van der Waals surface area contributed by atoms with E-state index >= 15 is 0 Å². The molecule has 0 bridgehead atoms. The summed E-state index contributed by atoms with van der Waals surface area (Å²) in [6.45, 7) is 8.78. The highest BCUT2D eigenvalue weighted by atomic mass is 127. The fourth-order valence-electron chi connectivity index (χ4n) is 4.08. The van der Waals surface area contributed by atoms with Gasteiger partial charge in [0, 0.05) is 6.20 Å². The van der Waals surface area contributed by atoms with Crippen LogP contribution in [0.5, 0.6) is 17.2 Å². The number of esters is 1. The minimum Gasteiger partial charge on any atom is -0.490 e. The van der Waals surface area contributed by atoms with E-state index in [9.17, 15) is 9.59 Å². The number of hydrogen-bond donors (Lipinski definition) is 0. The van der Waals surface area contributed by atoms with E-state index in [4.69, 9.17) is 18.9 Å². The van der Waals surface area contributed by atoms with Crippen molar-refractivity contribution in [2.45, 2.75) is 19.9 Å². The minimum atomic E-state index is -0.749. The second kappa shape index (κ2) is 13.1. The Morgan fingerprint density at radius 3 is 2.44 bits per heavy atom. The number of carbonyl (C=O) groups is 1. The highest BCUT2D eigenvalue weighted by molar-refractivity contribution is 14.1. The third kappa shape index (κ3) is 6.24. The van der Waals surface area contributed by atoms with Crippen molar-refractivity contribution in [1.82, 2.24) is 4.57 Å². The van der Waals surface area contributed by atoms with Crippen molar-refractivity contribution >= 4 is 68.6 Å². The predicted octanol–water partition coefficient (Wildman–Crippen LogP) is 4.59. The van der Waals surface area contributed by atoms with E-state index in [1.807, 2.05) is 38.1 Å². The van der Waals surface area contributed by atoms with Gasteiger partial charge in [0.15, 0.2) is 16.3 Å². The standard InChI is InChI=1S/C28H26I2N2O6S/c1-5-10-38-25-19(29)11-16(12-20(25)30)13-23-26(33)32-24(18(27(34)35-4)15-31-28(32)39-23)17-8-9-21(36-6-2)22(14-17)37-7-3/h5,8-9,11-15,24H,1,6-7,10H2,2-4H3/b23-13-/t24-/m0/s1. The largest absolute Gasteiger partial charge is 0.490 e. The van der Waals surface area contributed by atoms with Crippen LogP contribution in [0.4, 0.5) is 0 Å². The summed E-state index contributed by atoms with van der Waals surface area (Å²) in [7, 11) is 1.31. The molecule has 0 saturated heterocycles. The van der Waals surface area contributed by atoms with E-state index in [1.165, 1.54) is 29.2 Å². The Balaban J connectivity index is 1.86. The van der Waals surface area contributed by atoms with Gasteiger partial charge in [0.1, 0.15) is 12.4 Å². The molecule has 0 saturated carbocycles. The molecule has 3 aromatic rings. The van der Waals surface area contributed by atoms with Crippen LogP contribution in [0.1, 0.15) is 31.0 Å². The zero-order valence-corrected chi connectivity index (χ0v) is 26.7. The summed E-state index contributed by atoms with van der Waals surface area (Å²) in [6, 6.07) is 8.57. The lowest BCUT2D eigenvalue weighted by Gasteiger charge is -2.23. The Labute approximate surface area is 256 Å². The molecule has 1 aromatic heterocycles. The third-order valence-electron chi connectivity index (χ3n) is 5.67. The lowest BCUT2D eigenvalue weighted by Crippen LogP contribution is -2.39. The Hall–Kier alpha value is -2.65. The number of ether oxygens (including phenoxy) is 4. The second-order valence-corrected chi connectivity index (χ2v) is 11.5. The molecular formula is C28H26I2N2O6S. The number of aromatic nitrogens is 1. The normalized spacial score (nSPS) is 14.6. The van der Waals surface area contributed by atoms with Crippen molar-refractivity contribution in [3.8, 4) is 17.2 Å². The summed E-state index contributed by atoms with van der Waals surface area (Å²) in [4.78, 5) is 31.5. The van der Waals surface area contributed by atoms with Gasteiger partial charge in [-0.05, 0) is 100 Å². The number of benzene rings is 2. The molecule has 2 aromatic carbocycles. The van der Waals surface area contributed by atoms with Crippen LogP contribution in [-0.2, 0) is 9.53 Å². The molecule has 1 atom stereocenters. The number of halogens is 2. The average Bonchev–Trinajstić information content (AvgIpc) is 3.23. The SMILES string of the molecule is C=CCOc1c(I)cc(/C=c2\sc3n(c2=O)[C@@H](c2ccc(OCC)c(OCC)c2)C(C(=O)OC)=CN=3)cc1I. The number of fused-ring (bicyclic) bond motifs is 1. The molecule has 0 N–H and O–H groups in total. The fraction of sp³-hybridized carbons (Fsp3) is 0.250. The van der Waals surface area contributed by atoms with Crippen molar-refractivity contribution in [2.75, 3.05) is 26.9 Å². The maximum atomic E-state index is 13.8. The zero-order chi connectivity index (χ0) is 28.1. The third-order valence-corrected chi connectivity index (χ3v) is 8.27. The molecule has 0 spiro atoms. The highest BCUT2D eigenvalue weighted by Crippen LogP contribution is 2.35. The van der Waals surface area contributed by atoms with Crippen molar-refractivity contribution in [3.63, 3.8) is 0 Å². The van der Waals surface area contributed by atoms with E-state index in [0.717, 1.165) is 18.5 Å². The molecule has 8 nitrogen and oxygen atoms in total. The molecule has 1 aliphatic rings. The molecule has 39 heavy (non-hydrogen) atoms. The lowest BCUT2D eigenvalue weighted by atomic mass is 9.97. The van der Waals surface area contributed by atoms with E-state index < -0.39 is 12.0 Å². The van der Waals surface area contributed by atoms with E-state index in [1.54, 1.807) is 18.2 Å². The molecular weight excluding hydrogens is 746 g/mol. The first-order valence-electron chi connectivity index (χ1n) is 12.0. The van der Waals surface area contributed by atoms with Gasteiger partial charge in [-0.1, -0.05) is 30.1 Å². The van der Waals surface area contributed by atoms with Crippen LogP contribution < -0.4 is 29.1 Å². The first-order chi connectivity index (χ1) is 18.8. The Bertz CT molecular complexity index is 1600. The maximum absolute atomic E-state index is 13.8. The smallest absolute Gasteiger partial charge is 0.337 e. The van der Waals surface area contributed by atoms with Gasteiger partial charge in [-0.2, -0.15) is 0 Å². The van der Waals surface area contributed by atoms with E-state index in [0.29, 0.717) is 46.2 Å². The van der Waals surface area contributed by atoms with Crippen LogP contribution in [0, 0.1) is 7.14 Å². The summed E-state index contributed by atoms with van der Waals surface area (Å²) in [5, 5.41) is 0. The monoisotopic (exact) mass is 772 g/mol. The van der Waals surface area contributed by atoms with Crippen molar-refractivity contribution in [2.24, 2.45) is 4.99 Å². The quantitative estimate of drug-likeness (QED) is 0.170. The van der Waals surface area contributed by atoms with Gasteiger partial charge >= 0.3 is 5.97 Å². The van der Waals surface area contributed by atoms with Crippen molar-refractivity contribution in [3.05, 3.63) is 92.7 Å². The van der Waals surface area contributed by atoms with Crippen LogP contribution in [0.3, 0.4) is 0 Å². The van der Waals surface area contributed by atoms with Gasteiger partial charge in [0.2, 0.25) is 0 Å². The van der Waals surface area contributed by atoms with Gasteiger partial charge in [-0.15, -0.1) is 0 Å². The first kappa shape index (κ1) is 29.3. The fourth-order valence-corrected chi connectivity index (χ4v) is 7.18. The van der Waals surface area contributed by atoms with Crippen molar-refractivity contribution in [1.29, 1.82) is 0 Å². The molecule has 0 radical (unpaired) electrons. The summed E-state index contributed by atoms with van der Waals surface area (Å²) in [5.74, 6) is 1.33. The molecule has 11 heteroatoms. The van der Waals surface area contributed by atoms with Gasteiger partial charge in [-0.3, -0.25) is 9.36 Å². The van der Waals surface area contributed by atoms with Crippen LogP contribution >= 0.6 is 56.5 Å². The molecule has 4 rings (SSSR count). The van der Waals surface area contributed by atoms with Gasteiger partial charge in [-0.25, -0.2) is 9.79 Å². The Morgan fingerprint density at radius 2 is 1.79 bits per heavy atom. The molecule has 0 unspecified atom stereocenters. The van der Waals surface area contributed by atoms with Crippen molar-refractivity contribution < 1.29 is 23.7 Å². The number of carbonyl (C=O) groups excluding carboxylic acids is 1. The minimum absolute atomic E-state index is 0.246. The summed E-state index contributed by atoms with van der Waals surface area (Å²) in [5.41, 5.74) is 1.51. The first-order valence-corrected chi connectivity index (χ1v) is 15.0. The Morgan fingerprint density at radius 1 is 1.10 bits per heavy atom. The average molecular weight is 772 g/mol. The lowest BCUT2D eigenvalue weighted by molar-refractivity contribution is -0.136. The molecule has 2 heterocycles. The van der Waals surface area contributed by atoms with Crippen LogP contribution in [0.25, 0.3) is 6.08 Å². The predicted molar refractivity (Wildman–Crippen MR) is 168 cm³/mol.